The molecule has 0 fully saturated rings. The number of pyridine rings is 1. The van der Waals surface area contributed by atoms with Crippen LogP contribution < -0.4 is 5.32 Å². The fraction of sp³-hybridized carbons (Fsp3) is 0.571. The van der Waals surface area contributed by atoms with E-state index in [-0.39, 0.29) is 5.92 Å². The minimum atomic E-state index is -0.911. The van der Waals surface area contributed by atoms with Crippen LogP contribution in [0.5, 0.6) is 0 Å². The van der Waals surface area contributed by atoms with Crippen molar-refractivity contribution in [3.63, 3.8) is 0 Å². The van der Waals surface area contributed by atoms with Gasteiger partial charge in [0.05, 0.1) is 5.56 Å². The van der Waals surface area contributed by atoms with Gasteiger partial charge < -0.3 is 10.4 Å². The van der Waals surface area contributed by atoms with Crippen LogP contribution in [0.1, 0.15) is 56.1 Å². The molecular formula is C14H22N2O2. The minimum absolute atomic E-state index is 0.218. The number of hydrogen-bond acceptors (Lipinski definition) is 3. The third-order valence-corrected chi connectivity index (χ3v) is 2.71. The predicted octanol–water partition coefficient (Wildman–Crippen LogP) is 3.36. The van der Waals surface area contributed by atoms with Gasteiger partial charge in [-0.25, -0.2) is 9.78 Å². The molecule has 0 radical (unpaired) electrons. The van der Waals surface area contributed by atoms with E-state index in [1.54, 1.807) is 12.1 Å². The Morgan fingerprint density at radius 3 is 2.50 bits per heavy atom. The molecule has 4 heteroatoms. The lowest BCUT2D eigenvalue weighted by Gasteiger charge is -2.12. The molecule has 0 saturated carbocycles. The van der Waals surface area contributed by atoms with Crippen LogP contribution >= 0.6 is 0 Å². The van der Waals surface area contributed by atoms with E-state index < -0.39 is 5.97 Å². The first-order chi connectivity index (χ1) is 8.40. The molecule has 0 unspecified atom stereocenters. The number of anilines is 1. The number of aromatic carboxylic acids is 1. The maximum Gasteiger partial charge on any atom is 0.335 e. The van der Waals surface area contributed by atoms with Gasteiger partial charge in [-0.15, -0.1) is 0 Å². The Morgan fingerprint density at radius 1 is 1.33 bits per heavy atom. The van der Waals surface area contributed by atoms with Crippen molar-refractivity contribution in [3.8, 4) is 0 Å². The summed E-state index contributed by atoms with van der Waals surface area (Å²) in [4.78, 5) is 15.5. The van der Waals surface area contributed by atoms with Gasteiger partial charge in [0.2, 0.25) is 0 Å². The summed E-state index contributed by atoms with van der Waals surface area (Å²) in [5.41, 5.74) is 1.10. The number of carboxylic acids is 1. The summed E-state index contributed by atoms with van der Waals surface area (Å²) in [7, 11) is 0. The second kappa shape index (κ2) is 6.38. The molecule has 1 aromatic rings. The lowest BCUT2D eigenvalue weighted by Crippen LogP contribution is -2.09. The van der Waals surface area contributed by atoms with E-state index in [1.165, 1.54) is 0 Å². The third-order valence-electron chi connectivity index (χ3n) is 2.71. The quantitative estimate of drug-likeness (QED) is 0.812. The fourth-order valence-corrected chi connectivity index (χ4v) is 1.55. The Balaban J connectivity index is 2.86. The summed E-state index contributed by atoms with van der Waals surface area (Å²) >= 11 is 0. The summed E-state index contributed by atoms with van der Waals surface area (Å²) in [6, 6.07) is 3.23. The number of aromatic nitrogens is 1. The maximum atomic E-state index is 11.1. The first kappa shape index (κ1) is 14.5. The number of carbonyl (C=O) groups is 1. The van der Waals surface area contributed by atoms with Crippen molar-refractivity contribution in [1.29, 1.82) is 0 Å². The molecule has 0 aliphatic rings. The lowest BCUT2D eigenvalue weighted by atomic mass is 10.1. The van der Waals surface area contributed by atoms with Gasteiger partial charge in [0.1, 0.15) is 5.82 Å². The molecule has 0 aliphatic heterocycles. The molecule has 0 amide bonds. The molecule has 18 heavy (non-hydrogen) atoms. The molecule has 0 aliphatic carbocycles. The number of rotatable bonds is 6. The molecule has 4 nitrogen and oxygen atoms in total. The third kappa shape index (κ3) is 4.35. The van der Waals surface area contributed by atoms with Crippen molar-refractivity contribution in [2.45, 2.75) is 40.0 Å². The highest BCUT2D eigenvalue weighted by atomic mass is 16.4. The summed E-state index contributed by atoms with van der Waals surface area (Å²) in [5, 5.41) is 12.3. The lowest BCUT2D eigenvalue weighted by molar-refractivity contribution is 0.0696. The topological polar surface area (TPSA) is 62.2 Å². The van der Waals surface area contributed by atoms with Crippen molar-refractivity contribution in [2.75, 3.05) is 11.9 Å². The van der Waals surface area contributed by atoms with Gasteiger partial charge in [-0.3, -0.25) is 0 Å². The average molecular weight is 250 g/mol. The van der Waals surface area contributed by atoms with E-state index in [0.29, 0.717) is 17.3 Å². The Labute approximate surface area is 108 Å². The predicted molar refractivity (Wildman–Crippen MR) is 73.2 cm³/mol. The Bertz CT molecular complexity index is 414. The largest absolute Gasteiger partial charge is 0.478 e. The molecule has 100 valence electrons. The van der Waals surface area contributed by atoms with Gasteiger partial charge in [-0.1, -0.05) is 27.7 Å². The first-order valence-electron chi connectivity index (χ1n) is 6.39. The zero-order valence-corrected chi connectivity index (χ0v) is 11.5. The van der Waals surface area contributed by atoms with Crippen molar-refractivity contribution in [1.82, 2.24) is 4.98 Å². The summed E-state index contributed by atoms with van der Waals surface area (Å²) < 4.78 is 0. The van der Waals surface area contributed by atoms with Gasteiger partial charge in [-0.05, 0) is 30.4 Å². The molecule has 1 rings (SSSR count). The molecule has 2 N–H and O–H groups in total. The highest BCUT2D eigenvalue weighted by Gasteiger charge is 2.10. The molecule has 1 aromatic heterocycles. The average Bonchev–Trinajstić information content (AvgIpc) is 2.28. The standard InChI is InChI=1S/C14H22N2O2/c1-9(2)5-6-15-13-8-11(14(17)18)7-12(16-13)10(3)4/h7-10H,5-6H2,1-4H3,(H,15,16)(H,17,18). The smallest absolute Gasteiger partial charge is 0.335 e. The molecule has 0 bridgehead atoms. The molecule has 0 saturated heterocycles. The van der Waals surface area contributed by atoms with Gasteiger partial charge in [-0.2, -0.15) is 0 Å². The van der Waals surface area contributed by atoms with E-state index in [9.17, 15) is 4.79 Å². The SMILES string of the molecule is CC(C)CCNc1cc(C(=O)O)cc(C(C)C)n1. The Hall–Kier alpha value is -1.58. The van der Waals surface area contributed by atoms with Crippen LogP contribution in [0.15, 0.2) is 12.1 Å². The molecule has 0 spiro atoms. The Kier molecular flexibility index (Phi) is 5.13. The maximum absolute atomic E-state index is 11.1. The molecule has 0 aromatic carbocycles. The van der Waals surface area contributed by atoms with Crippen molar-refractivity contribution < 1.29 is 9.90 Å². The summed E-state index contributed by atoms with van der Waals surface area (Å²) in [6.45, 7) is 9.13. The highest BCUT2D eigenvalue weighted by molar-refractivity contribution is 5.88. The van der Waals surface area contributed by atoms with Crippen LogP contribution in [0.3, 0.4) is 0 Å². The monoisotopic (exact) mass is 250 g/mol. The van der Waals surface area contributed by atoms with Crippen LogP contribution in [0.4, 0.5) is 5.82 Å². The number of hydrogen-bond donors (Lipinski definition) is 2. The van der Waals surface area contributed by atoms with Gasteiger partial charge >= 0.3 is 5.97 Å². The second-order valence-electron chi connectivity index (χ2n) is 5.24. The number of nitrogens with zero attached hydrogens (tertiary/aromatic N) is 1. The molecular weight excluding hydrogens is 228 g/mol. The van der Waals surface area contributed by atoms with E-state index in [0.717, 1.165) is 18.7 Å². The minimum Gasteiger partial charge on any atom is -0.478 e. The van der Waals surface area contributed by atoms with Crippen molar-refractivity contribution in [3.05, 3.63) is 23.4 Å². The molecule has 0 atom stereocenters. The zero-order valence-electron chi connectivity index (χ0n) is 11.5. The second-order valence-corrected chi connectivity index (χ2v) is 5.24. The first-order valence-corrected chi connectivity index (χ1v) is 6.39. The van der Waals surface area contributed by atoms with Crippen LogP contribution in [0, 0.1) is 5.92 Å². The molecule has 1 heterocycles. The highest BCUT2D eigenvalue weighted by Crippen LogP contribution is 2.18. The van der Waals surface area contributed by atoms with Crippen molar-refractivity contribution >= 4 is 11.8 Å². The van der Waals surface area contributed by atoms with Crippen LogP contribution in [0.25, 0.3) is 0 Å². The normalized spacial score (nSPS) is 11.0. The van der Waals surface area contributed by atoms with Crippen LogP contribution in [-0.2, 0) is 0 Å². The van der Waals surface area contributed by atoms with E-state index in [4.69, 9.17) is 5.11 Å². The van der Waals surface area contributed by atoms with Crippen molar-refractivity contribution in [2.24, 2.45) is 5.92 Å². The van der Waals surface area contributed by atoms with Gasteiger partial charge in [0.25, 0.3) is 0 Å². The van der Waals surface area contributed by atoms with Crippen LogP contribution in [0.2, 0.25) is 0 Å². The summed E-state index contributed by atoms with van der Waals surface area (Å²) in [6.07, 6.45) is 1.04. The van der Waals surface area contributed by atoms with Gasteiger partial charge in [0.15, 0.2) is 0 Å². The Morgan fingerprint density at radius 2 is 2.00 bits per heavy atom. The van der Waals surface area contributed by atoms with E-state index >= 15 is 0 Å². The van der Waals surface area contributed by atoms with Crippen LogP contribution in [-0.4, -0.2) is 22.6 Å². The zero-order chi connectivity index (χ0) is 13.7. The van der Waals surface area contributed by atoms with Gasteiger partial charge in [0, 0.05) is 12.2 Å². The number of carboxylic acid groups (broad SMARTS) is 1. The fourth-order valence-electron chi connectivity index (χ4n) is 1.55. The summed E-state index contributed by atoms with van der Waals surface area (Å²) in [5.74, 6) is 0.574. The van der Waals surface area contributed by atoms with E-state index in [1.807, 2.05) is 13.8 Å². The number of nitrogens with one attached hydrogen (secondary N) is 1. The van der Waals surface area contributed by atoms with E-state index in [2.05, 4.69) is 24.1 Å².